The number of hydrogen-bond donors (Lipinski definition) is 1. The molecule has 0 spiro atoms. The van der Waals surface area contributed by atoms with Crippen LogP contribution in [0.3, 0.4) is 0 Å². The van der Waals surface area contributed by atoms with Gasteiger partial charge in [-0.25, -0.2) is 0 Å². The van der Waals surface area contributed by atoms with Crippen LogP contribution in [0.15, 0.2) is 29.1 Å². The molecule has 6 heteroatoms. The molecule has 0 aliphatic heterocycles. The first kappa shape index (κ1) is 11.5. The van der Waals surface area contributed by atoms with Gasteiger partial charge in [-0.3, -0.25) is 9.36 Å². The zero-order valence-corrected chi connectivity index (χ0v) is 8.75. The van der Waals surface area contributed by atoms with Crippen molar-refractivity contribution < 1.29 is 18.3 Å². The van der Waals surface area contributed by atoms with Crippen molar-refractivity contribution in [3.63, 3.8) is 0 Å². The number of fused-ring (bicyclic) bond motifs is 1. The van der Waals surface area contributed by atoms with E-state index in [9.17, 15) is 23.1 Å². The standard InChI is InChI=1S/C11H8F3NO2/c1-15-9(16)4-6-2-3-7(11(12,13)14)5-8(6)10(15)17/h2-5,17H,1H3. The fourth-order valence-corrected chi connectivity index (χ4v) is 1.57. The number of alkyl halides is 3. The van der Waals surface area contributed by atoms with E-state index in [2.05, 4.69) is 0 Å². The van der Waals surface area contributed by atoms with Crippen molar-refractivity contribution in [2.24, 2.45) is 7.05 Å². The van der Waals surface area contributed by atoms with Crippen LogP contribution >= 0.6 is 0 Å². The second-order valence-corrected chi connectivity index (χ2v) is 3.66. The van der Waals surface area contributed by atoms with Gasteiger partial charge in [0.15, 0.2) is 0 Å². The Bertz CT molecular complexity index is 643. The minimum absolute atomic E-state index is 0.00178. The predicted molar refractivity (Wildman–Crippen MR) is 55.9 cm³/mol. The van der Waals surface area contributed by atoms with Gasteiger partial charge in [-0.1, -0.05) is 6.07 Å². The van der Waals surface area contributed by atoms with Gasteiger partial charge in [0, 0.05) is 18.5 Å². The zero-order chi connectivity index (χ0) is 12.8. The van der Waals surface area contributed by atoms with Crippen molar-refractivity contribution in [1.82, 2.24) is 4.57 Å². The lowest BCUT2D eigenvalue weighted by atomic mass is 10.1. The first-order valence-corrected chi connectivity index (χ1v) is 4.70. The third-order valence-electron chi connectivity index (χ3n) is 2.55. The van der Waals surface area contributed by atoms with Gasteiger partial charge in [-0.2, -0.15) is 13.2 Å². The van der Waals surface area contributed by atoms with Crippen molar-refractivity contribution >= 4 is 10.8 Å². The summed E-state index contributed by atoms with van der Waals surface area (Å²) < 4.78 is 38.3. The molecule has 0 unspecified atom stereocenters. The number of pyridine rings is 1. The summed E-state index contributed by atoms with van der Waals surface area (Å²) in [6.45, 7) is 0. The summed E-state index contributed by atoms with van der Waals surface area (Å²) in [5, 5.41) is 9.90. The fourth-order valence-electron chi connectivity index (χ4n) is 1.57. The van der Waals surface area contributed by atoms with Crippen LogP contribution < -0.4 is 5.56 Å². The van der Waals surface area contributed by atoms with E-state index in [1.165, 1.54) is 19.2 Å². The van der Waals surface area contributed by atoms with Crippen LogP contribution in [-0.4, -0.2) is 9.67 Å². The summed E-state index contributed by atoms with van der Waals surface area (Å²) in [6.07, 6.45) is -4.48. The Morgan fingerprint density at radius 1 is 1.24 bits per heavy atom. The molecule has 0 bridgehead atoms. The van der Waals surface area contributed by atoms with Gasteiger partial charge in [0.25, 0.3) is 5.56 Å². The second kappa shape index (κ2) is 3.51. The number of halogens is 3. The first-order chi connectivity index (χ1) is 7.80. The zero-order valence-electron chi connectivity index (χ0n) is 8.75. The molecule has 1 aromatic heterocycles. The summed E-state index contributed by atoms with van der Waals surface area (Å²) in [4.78, 5) is 11.3. The molecule has 0 aliphatic rings. The summed E-state index contributed by atoms with van der Waals surface area (Å²) in [7, 11) is 1.29. The quantitative estimate of drug-likeness (QED) is 0.771. The average molecular weight is 243 g/mol. The molecule has 0 amide bonds. The Labute approximate surface area is 93.7 Å². The minimum Gasteiger partial charge on any atom is -0.494 e. The summed E-state index contributed by atoms with van der Waals surface area (Å²) >= 11 is 0. The summed E-state index contributed by atoms with van der Waals surface area (Å²) in [5.41, 5.74) is -1.34. The number of aromatic hydroxyl groups is 1. The van der Waals surface area contributed by atoms with E-state index in [0.717, 1.165) is 16.7 Å². The maximum Gasteiger partial charge on any atom is 0.416 e. The molecule has 1 aromatic carbocycles. The van der Waals surface area contributed by atoms with E-state index in [1.54, 1.807) is 0 Å². The lowest BCUT2D eigenvalue weighted by Crippen LogP contribution is -2.15. The van der Waals surface area contributed by atoms with E-state index in [0.29, 0.717) is 0 Å². The Morgan fingerprint density at radius 3 is 2.47 bits per heavy atom. The fraction of sp³-hybridized carbons (Fsp3) is 0.182. The Kier molecular flexibility index (Phi) is 2.38. The van der Waals surface area contributed by atoms with Crippen molar-refractivity contribution in [2.75, 3.05) is 0 Å². The van der Waals surface area contributed by atoms with Crippen molar-refractivity contribution in [3.05, 3.63) is 40.2 Å². The molecule has 2 aromatic rings. The van der Waals surface area contributed by atoms with Crippen LogP contribution in [0.25, 0.3) is 10.8 Å². The van der Waals surface area contributed by atoms with E-state index in [1.807, 2.05) is 0 Å². The van der Waals surface area contributed by atoms with E-state index >= 15 is 0 Å². The van der Waals surface area contributed by atoms with E-state index in [4.69, 9.17) is 0 Å². The molecular weight excluding hydrogens is 235 g/mol. The molecule has 0 fully saturated rings. The highest BCUT2D eigenvalue weighted by Gasteiger charge is 2.30. The van der Waals surface area contributed by atoms with Gasteiger partial charge in [0.2, 0.25) is 5.88 Å². The van der Waals surface area contributed by atoms with E-state index in [-0.39, 0.29) is 10.8 Å². The molecule has 0 saturated heterocycles. The third kappa shape index (κ3) is 1.86. The van der Waals surface area contributed by atoms with Gasteiger partial charge < -0.3 is 5.11 Å². The molecular formula is C11H8F3NO2. The molecule has 1 heterocycles. The van der Waals surface area contributed by atoms with Crippen LogP contribution in [0.5, 0.6) is 5.88 Å². The highest BCUT2D eigenvalue weighted by molar-refractivity contribution is 5.87. The summed E-state index contributed by atoms with van der Waals surface area (Å²) in [6, 6.07) is 4.04. The highest BCUT2D eigenvalue weighted by atomic mass is 19.4. The maximum absolute atomic E-state index is 12.5. The molecule has 0 saturated carbocycles. The van der Waals surface area contributed by atoms with Gasteiger partial charge >= 0.3 is 6.18 Å². The van der Waals surface area contributed by atoms with Gasteiger partial charge in [-0.05, 0) is 17.5 Å². The van der Waals surface area contributed by atoms with Crippen LogP contribution in [0.2, 0.25) is 0 Å². The van der Waals surface area contributed by atoms with Crippen LogP contribution in [0.1, 0.15) is 5.56 Å². The number of hydrogen-bond acceptors (Lipinski definition) is 2. The van der Waals surface area contributed by atoms with Crippen LogP contribution in [-0.2, 0) is 13.2 Å². The summed E-state index contributed by atoms with van der Waals surface area (Å²) in [5.74, 6) is -0.474. The van der Waals surface area contributed by atoms with Crippen molar-refractivity contribution in [3.8, 4) is 5.88 Å². The monoisotopic (exact) mass is 243 g/mol. The SMILES string of the molecule is Cn1c(O)c2cc(C(F)(F)F)ccc2cc1=O. The topological polar surface area (TPSA) is 42.2 Å². The van der Waals surface area contributed by atoms with Crippen LogP contribution in [0, 0.1) is 0 Å². The third-order valence-corrected chi connectivity index (χ3v) is 2.55. The molecule has 17 heavy (non-hydrogen) atoms. The molecule has 2 rings (SSSR count). The first-order valence-electron chi connectivity index (χ1n) is 4.70. The molecule has 1 N–H and O–H groups in total. The minimum atomic E-state index is -4.48. The van der Waals surface area contributed by atoms with Crippen molar-refractivity contribution in [2.45, 2.75) is 6.18 Å². The number of aromatic nitrogens is 1. The van der Waals surface area contributed by atoms with Gasteiger partial charge in [-0.15, -0.1) is 0 Å². The molecule has 0 radical (unpaired) electrons. The van der Waals surface area contributed by atoms with E-state index < -0.39 is 23.2 Å². The van der Waals surface area contributed by atoms with Gasteiger partial charge in [0.1, 0.15) is 0 Å². The average Bonchev–Trinajstić information content (AvgIpc) is 2.24. The predicted octanol–water partition coefficient (Wildman–Crippen LogP) is 2.26. The van der Waals surface area contributed by atoms with Crippen LogP contribution in [0.4, 0.5) is 13.2 Å². The lowest BCUT2D eigenvalue weighted by molar-refractivity contribution is -0.137. The Hall–Kier alpha value is -1.98. The maximum atomic E-state index is 12.5. The lowest BCUT2D eigenvalue weighted by Gasteiger charge is -2.10. The molecule has 3 nitrogen and oxygen atoms in total. The molecule has 0 aliphatic carbocycles. The Balaban J connectivity index is 2.82. The molecule has 0 atom stereocenters. The number of nitrogens with zero attached hydrogens (tertiary/aromatic N) is 1. The number of rotatable bonds is 0. The molecule has 90 valence electrons. The highest BCUT2D eigenvalue weighted by Crippen LogP contribution is 2.33. The smallest absolute Gasteiger partial charge is 0.416 e. The van der Waals surface area contributed by atoms with Crippen molar-refractivity contribution in [1.29, 1.82) is 0 Å². The second-order valence-electron chi connectivity index (χ2n) is 3.66. The Morgan fingerprint density at radius 2 is 1.88 bits per heavy atom. The normalized spacial score (nSPS) is 12.0. The largest absolute Gasteiger partial charge is 0.494 e. The van der Waals surface area contributed by atoms with Gasteiger partial charge in [0.05, 0.1) is 5.56 Å². The number of benzene rings is 1.